The molecule has 1 atom stereocenters. The van der Waals surface area contributed by atoms with Crippen LogP contribution < -0.4 is 5.73 Å². The Hall–Kier alpha value is -1.72. The van der Waals surface area contributed by atoms with Crippen molar-refractivity contribution < 1.29 is 4.79 Å². The minimum absolute atomic E-state index is 0.00532. The van der Waals surface area contributed by atoms with Crippen LogP contribution in [0.15, 0.2) is 29.6 Å². The summed E-state index contributed by atoms with van der Waals surface area (Å²) >= 11 is 1.51. The van der Waals surface area contributed by atoms with Gasteiger partial charge < -0.3 is 10.6 Å². The fourth-order valence-electron chi connectivity index (χ4n) is 2.65. The molecule has 1 aliphatic rings. The largest absolute Gasteiger partial charge is 0.336 e. The maximum atomic E-state index is 12.4. The predicted molar refractivity (Wildman–Crippen MR) is 90.1 cm³/mol. The third-order valence-corrected chi connectivity index (χ3v) is 4.95. The summed E-state index contributed by atoms with van der Waals surface area (Å²) in [5.74, 6) is 0.510. The topological polar surface area (TPSA) is 59.2 Å². The predicted octanol–water partition coefficient (Wildman–Crippen LogP) is 3.11. The zero-order chi connectivity index (χ0) is 15.7. The fraction of sp³-hybridized carbons (Fsp3) is 0.412. The van der Waals surface area contributed by atoms with Crippen molar-refractivity contribution in [1.29, 1.82) is 0 Å². The highest BCUT2D eigenvalue weighted by atomic mass is 32.1. The van der Waals surface area contributed by atoms with Crippen molar-refractivity contribution in [1.82, 2.24) is 9.88 Å². The summed E-state index contributed by atoms with van der Waals surface area (Å²) in [4.78, 5) is 18.7. The van der Waals surface area contributed by atoms with Gasteiger partial charge in [0.05, 0.1) is 0 Å². The average Bonchev–Trinajstić information content (AvgIpc) is 3.15. The summed E-state index contributed by atoms with van der Waals surface area (Å²) in [6.07, 6.45) is 0.874. The number of hydrogen-bond donors (Lipinski definition) is 1. The molecule has 0 radical (unpaired) electrons. The lowest BCUT2D eigenvalue weighted by molar-refractivity contribution is 0.0786. The second kappa shape index (κ2) is 6.18. The number of carbonyl (C=O) groups is 1. The molecule has 2 N–H and O–H groups in total. The molecule has 1 aromatic carbocycles. The molecule has 1 fully saturated rings. The van der Waals surface area contributed by atoms with Gasteiger partial charge in [0, 0.05) is 30.1 Å². The third-order valence-electron chi connectivity index (χ3n) is 4.06. The van der Waals surface area contributed by atoms with Crippen molar-refractivity contribution in [3.8, 4) is 10.6 Å². The van der Waals surface area contributed by atoms with Gasteiger partial charge >= 0.3 is 0 Å². The van der Waals surface area contributed by atoms with Crippen molar-refractivity contribution in [3.63, 3.8) is 0 Å². The average molecular weight is 315 g/mol. The van der Waals surface area contributed by atoms with E-state index in [1.54, 1.807) is 4.90 Å². The van der Waals surface area contributed by atoms with Gasteiger partial charge in [0.1, 0.15) is 10.7 Å². The molecular formula is C17H21N3OS. The van der Waals surface area contributed by atoms with Crippen molar-refractivity contribution in [2.75, 3.05) is 13.1 Å². The maximum Gasteiger partial charge on any atom is 0.273 e. The Balaban J connectivity index is 1.77. The van der Waals surface area contributed by atoms with Gasteiger partial charge in [-0.15, -0.1) is 11.3 Å². The van der Waals surface area contributed by atoms with Crippen LogP contribution in [0.1, 0.15) is 42.2 Å². The molecule has 1 aliphatic heterocycles. The molecule has 22 heavy (non-hydrogen) atoms. The SMILES string of the molecule is CC(C)c1ccc(-c2nc(C(=O)N3CCC(N)C3)cs2)cc1. The second-order valence-electron chi connectivity index (χ2n) is 6.11. The van der Waals surface area contributed by atoms with E-state index in [2.05, 4.69) is 43.1 Å². The Bertz CT molecular complexity index is 663. The molecule has 0 bridgehead atoms. The van der Waals surface area contributed by atoms with E-state index >= 15 is 0 Å². The highest BCUT2D eigenvalue weighted by Gasteiger charge is 2.26. The van der Waals surface area contributed by atoms with E-state index in [9.17, 15) is 4.79 Å². The minimum Gasteiger partial charge on any atom is -0.336 e. The first-order chi connectivity index (χ1) is 10.5. The number of nitrogens with two attached hydrogens (primary N) is 1. The van der Waals surface area contributed by atoms with Gasteiger partial charge in [-0.1, -0.05) is 38.1 Å². The molecule has 1 amide bonds. The Morgan fingerprint density at radius 3 is 2.68 bits per heavy atom. The molecule has 0 aliphatic carbocycles. The molecule has 3 rings (SSSR count). The van der Waals surface area contributed by atoms with Crippen LogP contribution in [0.2, 0.25) is 0 Å². The summed E-state index contributed by atoms with van der Waals surface area (Å²) in [7, 11) is 0. The van der Waals surface area contributed by atoms with Crippen LogP contribution >= 0.6 is 11.3 Å². The lowest BCUT2D eigenvalue weighted by Gasteiger charge is -2.13. The first kappa shape index (κ1) is 15.2. The summed E-state index contributed by atoms with van der Waals surface area (Å²) in [5, 5.41) is 2.74. The number of amides is 1. The molecule has 1 saturated heterocycles. The van der Waals surface area contributed by atoms with Gasteiger partial charge in [0.2, 0.25) is 0 Å². The number of likely N-dealkylation sites (tertiary alicyclic amines) is 1. The summed E-state index contributed by atoms with van der Waals surface area (Å²) in [5.41, 5.74) is 8.76. The van der Waals surface area contributed by atoms with E-state index in [1.165, 1.54) is 16.9 Å². The number of rotatable bonds is 3. The molecule has 4 nitrogen and oxygen atoms in total. The van der Waals surface area contributed by atoms with Crippen LogP contribution in [-0.2, 0) is 0 Å². The second-order valence-corrected chi connectivity index (χ2v) is 6.97. The number of hydrogen-bond acceptors (Lipinski definition) is 4. The summed E-state index contributed by atoms with van der Waals surface area (Å²) < 4.78 is 0. The zero-order valence-corrected chi connectivity index (χ0v) is 13.8. The molecule has 0 saturated carbocycles. The molecule has 1 aromatic heterocycles. The van der Waals surface area contributed by atoms with Gasteiger partial charge in [-0.2, -0.15) is 0 Å². The zero-order valence-electron chi connectivity index (χ0n) is 13.0. The summed E-state index contributed by atoms with van der Waals surface area (Å²) in [6.45, 7) is 5.72. The van der Waals surface area contributed by atoms with Crippen molar-refractivity contribution >= 4 is 17.2 Å². The fourth-order valence-corrected chi connectivity index (χ4v) is 3.45. The molecule has 1 unspecified atom stereocenters. The highest BCUT2D eigenvalue weighted by Crippen LogP contribution is 2.26. The van der Waals surface area contributed by atoms with Gasteiger partial charge in [-0.05, 0) is 17.9 Å². The lowest BCUT2D eigenvalue weighted by Crippen LogP contribution is -2.32. The number of benzene rings is 1. The van der Waals surface area contributed by atoms with E-state index < -0.39 is 0 Å². The Morgan fingerprint density at radius 1 is 1.36 bits per heavy atom. The normalized spacial score (nSPS) is 18.2. The van der Waals surface area contributed by atoms with Crippen LogP contribution in [0.4, 0.5) is 0 Å². The Labute approximate surface area is 135 Å². The van der Waals surface area contributed by atoms with Crippen LogP contribution in [-0.4, -0.2) is 34.9 Å². The lowest BCUT2D eigenvalue weighted by atomic mass is 10.0. The van der Waals surface area contributed by atoms with Crippen molar-refractivity contribution in [2.24, 2.45) is 5.73 Å². The van der Waals surface area contributed by atoms with Gasteiger partial charge in [0.25, 0.3) is 5.91 Å². The minimum atomic E-state index is -0.00532. The van der Waals surface area contributed by atoms with Crippen LogP contribution in [0.3, 0.4) is 0 Å². The van der Waals surface area contributed by atoms with Crippen LogP contribution in [0.5, 0.6) is 0 Å². The van der Waals surface area contributed by atoms with Gasteiger partial charge in [0.15, 0.2) is 0 Å². The van der Waals surface area contributed by atoms with E-state index in [-0.39, 0.29) is 11.9 Å². The third kappa shape index (κ3) is 3.05. The van der Waals surface area contributed by atoms with E-state index in [0.717, 1.165) is 23.5 Å². The van der Waals surface area contributed by atoms with Crippen molar-refractivity contribution in [3.05, 3.63) is 40.9 Å². The highest BCUT2D eigenvalue weighted by molar-refractivity contribution is 7.13. The Kier molecular flexibility index (Phi) is 4.27. The first-order valence-corrected chi connectivity index (χ1v) is 8.53. The molecule has 2 heterocycles. The maximum absolute atomic E-state index is 12.4. The van der Waals surface area contributed by atoms with E-state index in [4.69, 9.17) is 5.73 Å². The monoisotopic (exact) mass is 315 g/mol. The molecule has 2 aromatic rings. The van der Waals surface area contributed by atoms with Crippen molar-refractivity contribution in [2.45, 2.75) is 32.2 Å². The van der Waals surface area contributed by atoms with Crippen LogP contribution in [0, 0.1) is 0 Å². The van der Waals surface area contributed by atoms with E-state index in [0.29, 0.717) is 18.2 Å². The molecule has 5 heteroatoms. The molecule has 0 spiro atoms. The Morgan fingerprint density at radius 2 is 2.09 bits per heavy atom. The van der Waals surface area contributed by atoms with Gasteiger partial charge in [-0.25, -0.2) is 4.98 Å². The van der Waals surface area contributed by atoms with Crippen LogP contribution in [0.25, 0.3) is 10.6 Å². The van der Waals surface area contributed by atoms with Gasteiger partial charge in [-0.3, -0.25) is 4.79 Å². The van der Waals surface area contributed by atoms with E-state index in [1.807, 2.05) is 5.38 Å². The smallest absolute Gasteiger partial charge is 0.273 e. The first-order valence-electron chi connectivity index (χ1n) is 7.65. The summed E-state index contributed by atoms with van der Waals surface area (Å²) in [6, 6.07) is 8.51. The quantitative estimate of drug-likeness (QED) is 0.947. The molecular weight excluding hydrogens is 294 g/mol. The number of thiazole rings is 1. The number of nitrogens with zero attached hydrogens (tertiary/aromatic N) is 2. The number of aromatic nitrogens is 1. The number of carbonyl (C=O) groups excluding carboxylic acids is 1. The standard InChI is InChI=1S/C17H21N3OS/c1-11(2)12-3-5-13(6-4-12)16-19-15(10-22-16)17(21)20-8-7-14(18)9-20/h3-6,10-11,14H,7-9,18H2,1-2H3. The molecule has 116 valence electrons.